The predicted molar refractivity (Wildman–Crippen MR) is 86.5 cm³/mol. The van der Waals surface area contributed by atoms with Gasteiger partial charge in [-0.3, -0.25) is 14.2 Å². The highest BCUT2D eigenvalue weighted by molar-refractivity contribution is 5.93. The molecule has 5 nitrogen and oxygen atoms in total. The molecule has 0 bridgehead atoms. The third-order valence-corrected chi connectivity index (χ3v) is 4.00. The maximum atomic E-state index is 12.7. The first-order chi connectivity index (χ1) is 11.1. The molecule has 2 aromatic rings. The van der Waals surface area contributed by atoms with Crippen molar-refractivity contribution in [1.29, 1.82) is 5.26 Å². The van der Waals surface area contributed by atoms with E-state index in [1.54, 1.807) is 43.3 Å². The zero-order chi connectivity index (χ0) is 16.4. The quantitative estimate of drug-likeness (QED) is 0.940. The van der Waals surface area contributed by atoms with Gasteiger partial charge in [-0.05, 0) is 56.0 Å². The van der Waals surface area contributed by atoms with Gasteiger partial charge in [-0.1, -0.05) is 6.07 Å². The molecular formula is C18H17N3O2. The third-order valence-electron chi connectivity index (χ3n) is 4.00. The minimum absolute atomic E-state index is 0.124. The number of nitrogens with one attached hydrogen (secondary N) is 1. The number of aromatic nitrogens is 1. The van der Waals surface area contributed by atoms with E-state index in [4.69, 9.17) is 5.26 Å². The Morgan fingerprint density at radius 3 is 2.83 bits per heavy atom. The standard InChI is InChI=1S/C18H17N3O2/c1-12-5-8-16(17(22)20-11-13-6-7-13)18(23)21(12)15-4-2-3-14(9-15)10-19/h2-5,8-9,13H,6-7,11H2,1H3,(H,20,22). The molecule has 5 heteroatoms. The Morgan fingerprint density at radius 1 is 1.35 bits per heavy atom. The van der Waals surface area contributed by atoms with E-state index < -0.39 is 0 Å². The van der Waals surface area contributed by atoms with Gasteiger partial charge in [0, 0.05) is 12.2 Å². The normalized spacial score (nSPS) is 13.4. The summed E-state index contributed by atoms with van der Waals surface area (Å²) in [6, 6.07) is 12.1. The molecular weight excluding hydrogens is 290 g/mol. The highest BCUT2D eigenvalue weighted by atomic mass is 16.2. The van der Waals surface area contributed by atoms with Crippen LogP contribution in [0.15, 0.2) is 41.2 Å². The molecule has 1 amide bonds. The van der Waals surface area contributed by atoms with Crippen LogP contribution in [-0.2, 0) is 0 Å². The maximum absolute atomic E-state index is 12.7. The van der Waals surface area contributed by atoms with E-state index in [0.29, 0.717) is 29.4 Å². The van der Waals surface area contributed by atoms with E-state index in [2.05, 4.69) is 11.4 Å². The molecule has 1 saturated carbocycles. The summed E-state index contributed by atoms with van der Waals surface area (Å²) in [6.07, 6.45) is 2.28. The molecule has 116 valence electrons. The summed E-state index contributed by atoms with van der Waals surface area (Å²) in [5, 5.41) is 11.8. The summed E-state index contributed by atoms with van der Waals surface area (Å²) >= 11 is 0. The van der Waals surface area contributed by atoms with Crippen molar-refractivity contribution in [2.75, 3.05) is 6.54 Å². The number of benzene rings is 1. The van der Waals surface area contributed by atoms with Gasteiger partial charge in [0.2, 0.25) is 0 Å². The molecule has 1 heterocycles. The van der Waals surface area contributed by atoms with Crippen LogP contribution in [0.5, 0.6) is 0 Å². The molecule has 0 saturated heterocycles. The van der Waals surface area contributed by atoms with E-state index in [9.17, 15) is 9.59 Å². The van der Waals surface area contributed by atoms with Gasteiger partial charge in [0.1, 0.15) is 5.56 Å². The van der Waals surface area contributed by atoms with Crippen LogP contribution in [0.25, 0.3) is 5.69 Å². The number of hydrogen-bond donors (Lipinski definition) is 1. The second-order valence-corrected chi connectivity index (χ2v) is 5.84. The minimum Gasteiger partial charge on any atom is -0.352 e. The monoisotopic (exact) mass is 307 g/mol. The number of rotatable bonds is 4. The highest BCUT2D eigenvalue weighted by Gasteiger charge is 2.23. The van der Waals surface area contributed by atoms with Crippen LogP contribution in [-0.4, -0.2) is 17.0 Å². The largest absolute Gasteiger partial charge is 0.352 e. The number of carbonyl (C=O) groups excluding carboxylic acids is 1. The van der Waals surface area contributed by atoms with Crippen molar-refractivity contribution >= 4 is 5.91 Å². The molecule has 1 aromatic heterocycles. The average molecular weight is 307 g/mol. The van der Waals surface area contributed by atoms with Gasteiger partial charge in [-0.25, -0.2) is 0 Å². The predicted octanol–water partition coefficient (Wildman–Crippen LogP) is 2.16. The fourth-order valence-corrected chi connectivity index (χ4v) is 2.49. The second kappa shape index (κ2) is 6.09. The number of amides is 1. The molecule has 3 rings (SSSR count). The van der Waals surface area contributed by atoms with Crippen LogP contribution in [0.4, 0.5) is 0 Å². The lowest BCUT2D eigenvalue weighted by molar-refractivity contribution is 0.0950. The van der Waals surface area contributed by atoms with Crippen molar-refractivity contribution in [3.05, 3.63) is 63.6 Å². The third kappa shape index (κ3) is 3.16. The highest BCUT2D eigenvalue weighted by Crippen LogP contribution is 2.27. The molecule has 0 spiro atoms. The first kappa shape index (κ1) is 15.0. The van der Waals surface area contributed by atoms with Crippen molar-refractivity contribution < 1.29 is 4.79 Å². The summed E-state index contributed by atoms with van der Waals surface area (Å²) in [4.78, 5) is 24.9. The Morgan fingerprint density at radius 2 is 2.13 bits per heavy atom. The smallest absolute Gasteiger partial charge is 0.268 e. The summed E-state index contributed by atoms with van der Waals surface area (Å²) < 4.78 is 1.47. The lowest BCUT2D eigenvalue weighted by Gasteiger charge is -2.12. The van der Waals surface area contributed by atoms with E-state index in [1.165, 1.54) is 4.57 Å². The van der Waals surface area contributed by atoms with Crippen molar-refractivity contribution in [1.82, 2.24) is 9.88 Å². The summed E-state index contributed by atoms with van der Waals surface area (Å²) in [7, 11) is 0. The van der Waals surface area contributed by atoms with Crippen LogP contribution in [0.1, 0.15) is 34.5 Å². The molecule has 1 aromatic carbocycles. The van der Waals surface area contributed by atoms with Crippen LogP contribution in [0.3, 0.4) is 0 Å². The molecule has 0 unspecified atom stereocenters. The summed E-state index contributed by atoms with van der Waals surface area (Å²) in [5.74, 6) is 0.214. The van der Waals surface area contributed by atoms with Crippen molar-refractivity contribution in [3.8, 4) is 11.8 Å². The molecule has 0 radical (unpaired) electrons. The Hall–Kier alpha value is -2.87. The Balaban J connectivity index is 1.99. The fourth-order valence-electron chi connectivity index (χ4n) is 2.49. The molecule has 0 aliphatic heterocycles. The lowest BCUT2D eigenvalue weighted by Crippen LogP contribution is -2.34. The van der Waals surface area contributed by atoms with Gasteiger partial charge in [-0.15, -0.1) is 0 Å². The summed E-state index contributed by atoms with van der Waals surface area (Å²) in [6.45, 7) is 2.42. The van der Waals surface area contributed by atoms with Gasteiger partial charge in [0.05, 0.1) is 17.3 Å². The van der Waals surface area contributed by atoms with Gasteiger partial charge in [-0.2, -0.15) is 5.26 Å². The molecule has 1 fully saturated rings. The van der Waals surface area contributed by atoms with E-state index in [-0.39, 0.29) is 17.0 Å². The van der Waals surface area contributed by atoms with Gasteiger partial charge < -0.3 is 5.32 Å². The lowest BCUT2D eigenvalue weighted by atomic mass is 10.1. The molecule has 1 aliphatic rings. The van der Waals surface area contributed by atoms with Gasteiger partial charge >= 0.3 is 0 Å². The number of pyridine rings is 1. The average Bonchev–Trinajstić information content (AvgIpc) is 3.37. The number of aryl methyl sites for hydroxylation is 1. The SMILES string of the molecule is Cc1ccc(C(=O)NCC2CC2)c(=O)n1-c1cccc(C#N)c1. The van der Waals surface area contributed by atoms with E-state index in [1.807, 2.05) is 0 Å². The van der Waals surface area contributed by atoms with Crippen molar-refractivity contribution in [2.45, 2.75) is 19.8 Å². The van der Waals surface area contributed by atoms with E-state index in [0.717, 1.165) is 12.8 Å². The maximum Gasteiger partial charge on any atom is 0.268 e. The Labute approximate surface area is 134 Å². The van der Waals surface area contributed by atoms with E-state index >= 15 is 0 Å². The van der Waals surface area contributed by atoms with Gasteiger partial charge in [0.25, 0.3) is 11.5 Å². The summed E-state index contributed by atoms with van der Waals surface area (Å²) in [5.41, 5.74) is 1.52. The number of nitrogens with zero attached hydrogens (tertiary/aromatic N) is 2. The number of hydrogen-bond acceptors (Lipinski definition) is 3. The van der Waals surface area contributed by atoms with Crippen LogP contribution >= 0.6 is 0 Å². The Bertz CT molecular complexity index is 857. The van der Waals surface area contributed by atoms with Crippen LogP contribution in [0, 0.1) is 24.2 Å². The minimum atomic E-state index is -0.367. The van der Waals surface area contributed by atoms with Crippen molar-refractivity contribution in [3.63, 3.8) is 0 Å². The Kier molecular flexibility index (Phi) is 3.98. The molecule has 1 N–H and O–H groups in total. The second-order valence-electron chi connectivity index (χ2n) is 5.84. The first-order valence-electron chi connectivity index (χ1n) is 7.61. The molecule has 1 aliphatic carbocycles. The fraction of sp³-hybridized carbons (Fsp3) is 0.278. The van der Waals surface area contributed by atoms with Crippen LogP contribution < -0.4 is 10.9 Å². The topological polar surface area (TPSA) is 74.9 Å². The number of nitriles is 1. The zero-order valence-electron chi connectivity index (χ0n) is 12.9. The zero-order valence-corrected chi connectivity index (χ0v) is 12.9. The van der Waals surface area contributed by atoms with Crippen molar-refractivity contribution in [2.24, 2.45) is 5.92 Å². The first-order valence-corrected chi connectivity index (χ1v) is 7.61. The number of carbonyl (C=O) groups is 1. The molecule has 0 atom stereocenters. The molecule has 23 heavy (non-hydrogen) atoms. The van der Waals surface area contributed by atoms with Gasteiger partial charge in [0.15, 0.2) is 0 Å². The van der Waals surface area contributed by atoms with Crippen LogP contribution in [0.2, 0.25) is 0 Å².